The van der Waals surface area contributed by atoms with Gasteiger partial charge in [0.15, 0.2) is 9.84 Å². The first-order chi connectivity index (χ1) is 4.99. The van der Waals surface area contributed by atoms with Gasteiger partial charge in [-0.15, -0.1) is 0 Å². The van der Waals surface area contributed by atoms with Gasteiger partial charge in [-0.1, -0.05) is 13.8 Å². The zero-order chi connectivity index (χ0) is 8.48. The molecule has 4 heteroatoms. The topological polar surface area (TPSA) is 46.2 Å². The molecule has 0 amide bonds. The van der Waals surface area contributed by atoms with E-state index in [0.29, 0.717) is 17.5 Å². The molecule has 1 fully saturated rings. The van der Waals surface area contributed by atoms with Gasteiger partial charge in [-0.3, -0.25) is 0 Å². The predicted octanol–water partition coefficient (Wildman–Crippen LogP) is 0.171. The van der Waals surface area contributed by atoms with Crippen LogP contribution in [0.1, 0.15) is 20.3 Å². The minimum atomic E-state index is -2.70. The van der Waals surface area contributed by atoms with E-state index in [1.54, 1.807) is 0 Å². The van der Waals surface area contributed by atoms with Crippen molar-refractivity contribution in [1.29, 1.82) is 0 Å². The van der Waals surface area contributed by atoms with Crippen LogP contribution in [-0.4, -0.2) is 32.0 Å². The summed E-state index contributed by atoms with van der Waals surface area (Å²) in [4.78, 5) is 0. The highest BCUT2D eigenvalue weighted by Gasteiger charge is 2.27. The molecule has 1 N–H and O–H groups in total. The fourth-order valence-electron chi connectivity index (χ4n) is 1.40. The first kappa shape index (κ1) is 9.00. The van der Waals surface area contributed by atoms with Gasteiger partial charge in [0.1, 0.15) is 0 Å². The minimum Gasteiger partial charge on any atom is -0.311 e. The third-order valence-electron chi connectivity index (χ3n) is 1.80. The Morgan fingerprint density at radius 3 is 2.45 bits per heavy atom. The second kappa shape index (κ2) is 3.11. The van der Waals surface area contributed by atoms with E-state index < -0.39 is 9.84 Å². The zero-order valence-corrected chi connectivity index (χ0v) is 7.82. The third-order valence-corrected chi connectivity index (χ3v) is 3.57. The molecule has 0 aliphatic carbocycles. The molecule has 1 aliphatic heterocycles. The summed E-state index contributed by atoms with van der Waals surface area (Å²) in [5, 5.41) is 3.22. The highest BCUT2D eigenvalue weighted by atomic mass is 32.2. The fourth-order valence-corrected chi connectivity index (χ4v) is 3.08. The standard InChI is InChI=1S/C7H15NO2S/c1-6(2)8-7-3-4-11(9,10)5-7/h6-8H,3-5H2,1-2H3/t7-/m0/s1. The van der Waals surface area contributed by atoms with Crippen LogP contribution in [0.3, 0.4) is 0 Å². The Morgan fingerprint density at radius 1 is 1.45 bits per heavy atom. The van der Waals surface area contributed by atoms with Crippen molar-refractivity contribution in [3.63, 3.8) is 0 Å². The molecule has 0 spiro atoms. The number of hydrogen-bond acceptors (Lipinski definition) is 3. The van der Waals surface area contributed by atoms with E-state index >= 15 is 0 Å². The van der Waals surface area contributed by atoms with Crippen LogP contribution in [0.5, 0.6) is 0 Å². The Kier molecular flexibility index (Phi) is 2.54. The predicted molar refractivity (Wildman–Crippen MR) is 45.3 cm³/mol. The Morgan fingerprint density at radius 2 is 2.09 bits per heavy atom. The van der Waals surface area contributed by atoms with Crippen molar-refractivity contribution in [1.82, 2.24) is 5.32 Å². The molecule has 1 heterocycles. The van der Waals surface area contributed by atoms with Gasteiger partial charge in [0.2, 0.25) is 0 Å². The van der Waals surface area contributed by atoms with E-state index in [0.717, 1.165) is 6.42 Å². The first-order valence-corrected chi connectivity index (χ1v) is 5.78. The van der Waals surface area contributed by atoms with Crippen LogP contribution in [0, 0.1) is 0 Å². The summed E-state index contributed by atoms with van der Waals surface area (Å²) in [5.74, 6) is 0.683. The molecule has 0 saturated carbocycles. The zero-order valence-electron chi connectivity index (χ0n) is 7.00. The van der Waals surface area contributed by atoms with Crippen molar-refractivity contribution in [2.45, 2.75) is 32.4 Å². The summed E-state index contributed by atoms with van der Waals surface area (Å²) in [5.41, 5.74) is 0. The van der Waals surface area contributed by atoms with E-state index in [9.17, 15) is 8.42 Å². The molecule has 1 saturated heterocycles. The van der Waals surface area contributed by atoms with E-state index in [-0.39, 0.29) is 6.04 Å². The molecule has 1 rings (SSSR count). The van der Waals surface area contributed by atoms with Crippen molar-refractivity contribution in [3.05, 3.63) is 0 Å². The van der Waals surface area contributed by atoms with Crippen LogP contribution < -0.4 is 5.32 Å². The van der Waals surface area contributed by atoms with Gasteiger partial charge in [0, 0.05) is 12.1 Å². The molecule has 0 aromatic rings. The third kappa shape index (κ3) is 2.79. The highest BCUT2D eigenvalue weighted by molar-refractivity contribution is 7.91. The summed E-state index contributed by atoms with van der Waals surface area (Å²) in [6.07, 6.45) is 0.778. The number of sulfone groups is 1. The maximum absolute atomic E-state index is 11.0. The molecular weight excluding hydrogens is 162 g/mol. The van der Waals surface area contributed by atoms with Gasteiger partial charge in [-0.2, -0.15) is 0 Å². The lowest BCUT2D eigenvalue weighted by atomic mass is 10.2. The van der Waals surface area contributed by atoms with Gasteiger partial charge in [0.25, 0.3) is 0 Å². The Bertz CT molecular complexity index is 221. The van der Waals surface area contributed by atoms with Crippen LogP contribution in [0.4, 0.5) is 0 Å². The van der Waals surface area contributed by atoms with E-state index in [2.05, 4.69) is 5.32 Å². The number of hydrogen-bond donors (Lipinski definition) is 1. The number of rotatable bonds is 2. The summed E-state index contributed by atoms with van der Waals surface area (Å²) >= 11 is 0. The molecular formula is C7H15NO2S. The van der Waals surface area contributed by atoms with Gasteiger partial charge in [-0.25, -0.2) is 8.42 Å². The van der Waals surface area contributed by atoms with E-state index in [1.165, 1.54) is 0 Å². The largest absolute Gasteiger partial charge is 0.311 e. The van der Waals surface area contributed by atoms with Crippen LogP contribution in [0.25, 0.3) is 0 Å². The molecule has 1 atom stereocenters. The molecule has 0 aromatic heterocycles. The van der Waals surface area contributed by atoms with Crippen LogP contribution >= 0.6 is 0 Å². The normalized spacial score (nSPS) is 29.5. The average molecular weight is 177 g/mol. The fraction of sp³-hybridized carbons (Fsp3) is 1.00. The van der Waals surface area contributed by atoms with Gasteiger partial charge in [0.05, 0.1) is 11.5 Å². The second-order valence-corrected chi connectivity index (χ2v) is 5.65. The molecule has 0 radical (unpaired) electrons. The molecule has 3 nitrogen and oxygen atoms in total. The van der Waals surface area contributed by atoms with Crippen molar-refractivity contribution >= 4 is 9.84 Å². The van der Waals surface area contributed by atoms with Crippen molar-refractivity contribution < 1.29 is 8.42 Å². The first-order valence-electron chi connectivity index (χ1n) is 3.96. The molecule has 11 heavy (non-hydrogen) atoms. The molecule has 0 unspecified atom stereocenters. The summed E-state index contributed by atoms with van der Waals surface area (Å²) in [6, 6.07) is 0.577. The van der Waals surface area contributed by atoms with Crippen LogP contribution in [-0.2, 0) is 9.84 Å². The second-order valence-electron chi connectivity index (χ2n) is 3.42. The lowest BCUT2D eigenvalue weighted by Crippen LogP contribution is -2.35. The highest BCUT2D eigenvalue weighted by Crippen LogP contribution is 2.11. The van der Waals surface area contributed by atoms with Gasteiger partial charge < -0.3 is 5.32 Å². The quantitative estimate of drug-likeness (QED) is 0.654. The number of nitrogens with one attached hydrogen (secondary N) is 1. The Labute approximate surface area is 68.1 Å². The molecule has 66 valence electrons. The van der Waals surface area contributed by atoms with Gasteiger partial charge in [-0.05, 0) is 6.42 Å². The molecule has 1 aliphatic rings. The monoisotopic (exact) mass is 177 g/mol. The summed E-state index contributed by atoms with van der Waals surface area (Å²) < 4.78 is 22.0. The Hall–Kier alpha value is -0.0900. The smallest absolute Gasteiger partial charge is 0.151 e. The minimum absolute atomic E-state index is 0.194. The van der Waals surface area contributed by atoms with Crippen LogP contribution in [0.2, 0.25) is 0 Å². The summed E-state index contributed by atoms with van der Waals surface area (Å²) in [6.45, 7) is 4.07. The SMILES string of the molecule is CC(C)N[C@H]1CCS(=O)(=O)C1. The van der Waals surface area contributed by atoms with Crippen LogP contribution in [0.15, 0.2) is 0 Å². The van der Waals surface area contributed by atoms with Gasteiger partial charge >= 0.3 is 0 Å². The Balaban J connectivity index is 2.43. The van der Waals surface area contributed by atoms with E-state index in [1.807, 2.05) is 13.8 Å². The lowest BCUT2D eigenvalue weighted by molar-refractivity contribution is 0.495. The van der Waals surface area contributed by atoms with Crippen molar-refractivity contribution in [2.75, 3.05) is 11.5 Å². The average Bonchev–Trinajstić information content (AvgIpc) is 2.08. The molecule has 0 aromatic carbocycles. The van der Waals surface area contributed by atoms with Crippen molar-refractivity contribution in [2.24, 2.45) is 0 Å². The maximum atomic E-state index is 11.0. The summed E-state index contributed by atoms with van der Waals surface area (Å²) in [7, 11) is -2.70. The van der Waals surface area contributed by atoms with E-state index in [4.69, 9.17) is 0 Å². The van der Waals surface area contributed by atoms with Crippen molar-refractivity contribution in [3.8, 4) is 0 Å². The molecule has 0 bridgehead atoms. The lowest BCUT2D eigenvalue weighted by Gasteiger charge is -2.13. The maximum Gasteiger partial charge on any atom is 0.151 e.